The second-order valence-corrected chi connectivity index (χ2v) is 5.57. The van der Waals surface area contributed by atoms with Gasteiger partial charge in [-0.1, -0.05) is 6.92 Å². The number of alkyl halides is 1. The molecule has 0 radical (unpaired) electrons. The maximum Gasteiger partial charge on any atom is 0.183 e. The Balaban J connectivity index is 2.11. The number of ether oxygens (including phenoxy) is 2. The van der Waals surface area contributed by atoms with Gasteiger partial charge in [0.15, 0.2) is 11.5 Å². The molecule has 1 fully saturated rings. The second-order valence-electron chi connectivity index (χ2n) is 5.01. The van der Waals surface area contributed by atoms with Gasteiger partial charge in [-0.15, -0.1) is 11.6 Å². The average Bonchev–Trinajstić information content (AvgIpc) is 2.42. The lowest BCUT2D eigenvalue weighted by atomic mass is 9.99. The monoisotopic (exact) mass is 284 g/mol. The van der Waals surface area contributed by atoms with Gasteiger partial charge in [-0.2, -0.15) is 0 Å². The van der Waals surface area contributed by atoms with Crippen LogP contribution in [0.25, 0.3) is 0 Å². The van der Waals surface area contributed by atoms with Gasteiger partial charge in [0.25, 0.3) is 0 Å². The molecule has 0 aliphatic carbocycles. The van der Waals surface area contributed by atoms with Crippen molar-refractivity contribution in [2.24, 2.45) is 5.92 Å². The summed E-state index contributed by atoms with van der Waals surface area (Å²) in [4.78, 5) is 6.79. The summed E-state index contributed by atoms with van der Waals surface area (Å²) < 4.78 is 10.7. The fourth-order valence-corrected chi connectivity index (χ4v) is 2.70. The standard InChI is InChI=1S/C14H21ClN2O2/c1-10-8-17(7-5-11(10)15)9-12-14(19-3)13(18-2)4-6-16-12/h4,6,10-11H,5,7-9H2,1-3H3. The van der Waals surface area contributed by atoms with Crippen LogP contribution < -0.4 is 9.47 Å². The van der Waals surface area contributed by atoms with Crippen molar-refractivity contribution in [1.82, 2.24) is 9.88 Å². The predicted molar refractivity (Wildman–Crippen MR) is 76.0 cm³/mol. The number of hydrogen-bond acceptors (Lipinski definition) is 4. The van der Waals surface area contributed by atoms with Crippen molar-refractivity contribution in [3.8, 4) is 11.5 Å². The molecule has 5 heteroatoms. The molecule has 1 aromatic heterocycles. The molecule has 1 aliphatic rings. The summed E-state index contributed by atoms with van der Waals surface area (Å²) in [5.74, 6) is 1.96. The molecule has 2 atom stereocenters. The predicted octanol–water partition coefficient (Wildman–Crippen LogP) is 2.55. The topological polar surface area (TPSA) is 34.6 Å². The molecule has 0 saturated carbocycles. The van der Waals surface area contributed by atoms with E-state index in [1.54, 1.807) is 20.4 Å². The third kappa shape index (κ3) is 3.31. The van der Waals surface area contributed by atoms with Crippen molar-refractivity contribution in [2.75, 3.05) is 27.3 Å². The second kappa shape index (κ2) is 6.44. The normalized spacial score (nSPS) is 24.2. The molecule has 19 heavy (non-hydrogen) atoms. The average molecular weight is 285 g/mol. The van der Waals surface area contributed by atoms with E-state index in [9.17, 15) is 0 Å². The molecule has 2 unspecified atom stereocenters. The summed E-state index contributed by atoms with van der Waals surface area (Å²) >= 11 is 6.25. The Morgan fingerprint density at radius 1 is 1.42 bits per heavy atom. The van der Waals surface area contributed by atoms with Crippen LogP contribution in [0.2, 0.25) is 0 Å². The van der Waals surface area contributed by atoms with Gasteiger partial charge in [-0.25, -0.2) is 0 Å². The number of halogens is 1. The number of methoxy groups -OCH3 is 2. The SMILES string of the molecule is COc1ccnc(CN2CCC(Cl)C(C)C2)c1OC. The Labute approximate surface area is 119 Å². The van der Waals surface area contributed by atoms with Gasteiger partial charge in [0.2, 0.25) is 0 Å². The molecular weight excluding hydrogens is 264 g/mol. The summed E-state index contributed by atoms with van der Waals surface area (Å²) in [6.07, 6.45) is 2.78. The van der Waals surface area contributed by atoms with Gasteiger partial charge in [-0.05, 0) is 18.9 Å². The summed E-state index contributed by atoms with van der Waals surface area (Å²) in [6, 6.07) is 1.82. The number of rotatable bonds is 4. The van der Waals surface area contributed by atoms with Crippen LogP contribution in [0.3, 0.4) is 0 Å². The van der Waals surface area contributed by atoms with Crippen LogP contribution in [0.4, 0.5) is 0 Å². The van der Waals surface area contributed by atoms with Crippen LogP contribution in [0.1, 0.15) is 19.0 Å². The number of piperidine rings is 1. The van der Waals surface area contributed by atoms with Crippen LogP contribution in [-0.4, -0.2) is 42.6 Å². The summed E-state index contributed by atoms with van der Waals surface area (Å²) in [7, 11) is 3.29. The van der Waals surface area contributed by atoms with E-state index in [0.29, 0.717) is 5.92 Å². The third-order valence-electron chi connectivity index (χ3n) is 3.62. The van der Waals surface area contributed by atoms with Gasteiger partial charge in [-0.3, -0.25) is 9.88 Å². The molecular formula is C14H21ClN2O2. The van der Waals surface area contributed by atoms with E-state index in [4.69, 9.17) is 21.1 Å². The van der Waals surface area contributed by atoms with E-state index in [-0.39, 0.29) is 5.38 Å². The van der Waals surface area contributed by atoms with Gasteiger partial charge in [0, 0.05) is 30.7 Å². The van der Waals surface area contributed by atoms with Gasteiger partial charge in [0.1, 0.15) is 5.69 Å². The first kappa shape index (κ1) is 14.4. The number of likely N-dealkylation sites (tertiary alicyclic amines) is 1. The largest absolute Gasteiger partial charge is 0.493 e. The first-order valence-corrected chi connectivity index (χ1v) is 7.01. The van der Waals surface area contributed by atoms with Crippen molar-refractivity contribution in [3.05, 3.63) is 18.0 Å². The molecule has 1 saturated heterocycles. The number of hydrogen-bond donors (Lipinski definition) is 0. The highest BCUT2D eigenvalue weighted by molar-refractivity contribution is 6.20. The Hall–Kier alpha value is -1.00. The number of aromatic nitrogens is 1. The molecule has 106 valence electrons. The van der Waals surface area contributed by atoms with Crippen molar-refractivity contribution in [2.45, 2.75) is 25.3 Å². The highest BCUT2D eigenvalue weighted by atomic mass is 35.5. The lowest BCUT2D eigenvalue weighted by molar-refractivity contribution is 0.175. The van der Waals surface area contributed by atoms with E-state index in [1.165, 1.54) is 0 Å². The minimum atomic E-state index is 0.288. The Morgan fingerprint density at radius 2 is 2.21 bits per heavy atom. The zero-order valence-electron chi connectivity index (χ0n) is 11.7. The van der Waals surface area contributed by atoms with Crippen LogP contribution in [0.15, 0.2) is 12.3 Å². The van der Waals surface area contributed by atoms with Crippen LogP contribution in [-0.2, 0) is 6.54 Å². The minimum Gasteiger partial charge on any atom is -0.493 e. The van der Waals surface area contributed by atoms with E-state index < -0.39 is 0 Å². The lowest BCUT2D eigenvalue weighted by Gasteiger charge is -2.34. The zero-order chi connectivity index (χ0) is 13.8. The highest BCUT2D eigenvalue weighted by Crippen LogP contribution is 2.31. The zero-order valence-corrected chi connectivity index (χ0v) is 12.5. The smallest absolute Gasteiger partial charge is 0.183 e. The fraction of sp³-hybridized carbons (Fsp3) is 0.643. The molecule has 0 spiro atoms. The quantitative estimate of drug-likeness (QED) is 0.796. The Bertz CT molecular complexity index is 428. The van der Waals surface area contributed by atoms with Crippen molar-refractivity contribution >= 4 is 11.6 Å². The van der Waals surface area contributed by atoms with Gasteiger partial charge >= 0.3 is 0 Å². The molecule has 2 rings (SSSR count). The van der Waals surface area contributed by atoms with Crippen LogP contribution >= 0.6 is 11.6 Å². The minimum absolute atomic E-state index is 0.288. The van der Waals surface area contributed by atoms with E-state index >= 15 is 0 Å². The molecule has 0 N–H and O–H groups in total. The van der Waals surface area contributed by atoms with E-state index in [0.717, 1.165) is 43.2 Å². The lowest BCUT2D eigenvalue weighted by Crippen LogP contribution is -2.39. The van der Waals surface area contributed by atoms with Crippen molar-refractivity contribution in [3.63, 3.8) is 0 Å². The summed E-state index contributed by atoms with van der Waals surface area (Å²) in [5.41, 5.74) is 0.919. The first-order valence-electron chi connectivity index (χ1n) is 6.58. The maximum atomic E-state index is 6.25. The number of pyridine rings is 1. The Kier molecular flexibility index (Phi) is 4.88. The molecule has 0 aromatic carbocycles. The Morgan fingerprint density at radius 3 is 2.84 bits per heavy atom. The molecule has 1 aromatic rings. The first-order chi connectivity index (χ1) is 9.15. The van der Waals surface area contributed by atoms with Gasteiger partial charge < -0.3 is 9.47 Å². The summed E-state index contributed by atoms with van der Waals surface area (Å²) in [6.45, 7) is 4.96. The maximum absolute atomic E-state index is 6.25. The third-order valence-corrected chi connectivity index (χ3v) is 4.27. The molecule has 0 bridgehead atoms. The van der Waals surface area contributed by atoms with E-state index in [1.807, 2.05) is 6.07 Å². The van der Waals surface area contributed by atoms with Crippen molar-refractivity contribution in [1.29, 1.82) is 0 Å². The van der Waals surface area contributed by atoms with Crippen molar-refractivity contribution < 1.29 is 9.47 Å². The molecule has 0 amide bonds. The molecule has 1 aliphatic heterocycles. The van der Waals surface area contributed by atoms with Crippen LogP contribution in [0, 0.1) is 5.92 Å². The summed E-state index contributed by atoms with van der Waals surface area (Å²) in [5, 5.41) is 0.288. The fourth-order valence-electron chi connectivity index (χ4n) is 2.52. The van der Waals surface area contributed by atoms with Gasteiger partial charge in [0.05, 0.1) is 14.2 Å². The highest BCUT2D eigenvalue weighted by Gasteiger charge is 2.25. The molecule has 2 heterocycles. The number of nitrogens with zero attached hydrogens (tertiary/aromatic N) is 2. The molecule has 4 nitrogen and oxygen atoms in total. The van der Waals surface area contributed by atoms with E-state index in [2.05, 4.69) is 16.8 Å². The van der Waals surface area contributed by atoms with Crippen LogP contribution in [0.5, 0.6) is 11.5 Å².